The van der Waals surface area contributed by atoms with E-state index >= 15 is 0 Å². The lowest BCUT2D eigenvalue weighted by atomic mass is 9.92. The Kier molecular flexibility index (Phi) is 5.77. The Labute approximate surface area is 138 Å². The Bertz CT molecular complexity index is 586. The van der Waals surface area contributed by atoms with Crippen LogP contribution in [0.5, 0.6) is 0 Å². The number of carbonyl (C=O) groups is 2. The van der Waals surface area contributed by atoms with Gasteiger partial charge in [-0.2, -0.15) is 0 Å². The van der Waals surface area contributed by atoms with E-state index in [1.807, 2.05) is 25.1 Å². The van der Waals surface area contributed by atoms with Gasteiger partial charge < -0.3 is 10.1 Å². The summed E-state index contributed by atoms with van der Waals surface area (Å²) in [5.41, 5.74) is 2.72. The number of amides is 2. The number of hydrogen-bond acceptors (Lipinski definition) is 3. The van der Waals surface area contributed by atoms with Crippen molar-refractivity contribution < 1.29 is 14.3 Å². The van der Waals surface area contributed by atoms with Crippen molar-refractivity contribution in [3.63, 3.8) is 0 Å². The zero-order valence-corrected chi connectivity index (χ0v) is 14.4. The van der Waals surface area contributed by atoms with Crippen LogP contribution < -0.4 is 10.2 Å². The third-order valence-electron chi connectivity index (χ3n) is 4.72. The molecule has 1 aromatic rings. The van der Waals surface area contributed by atoms with Crippen LogP contribution in [0, 0.1) is 11.8 Å². The van der Waals surface area contributed by atoms with Crippen LogP contribution in [0.3, 0.4) is 0 Å². The van der Waals surface area contributed by atoms with E-state index in [4.69, 9.17) is 4.74 Å². The summed E-state index contributed by atoms with van der Waals surface area (Å²) in [6.45, 7) is 6.39. The molecule has 2 unspecified atom stereocenters. The van der Waals surface area contributed by atoms with Crippen molar-refractivity contribution in [3.05, 3.63) is 23.8 Å². The van der Waals surface area contributed by atoms with Gasteiger partial charge in [0.1, 0.15) is 6.73 Å². The van der Waals surface area contributed by atoms with Gasteiger partial charge in [-0.3, -0.25) is 14.5 Å². The Morgan fingerprint density at radius 2 is 2.09 bits per heavy atom. The third kappa shape index (κ3) is 3.91. The SMILES string of the molecule is CCC(C)C(C)C(=O)Nc1ccc2c(c1)CCC(=O)N2COC. The first-order valence-corrected chi connectivity index (χ1v) is 8.21. The van der Waals surface area contributed by atoms with Crippen molar-refractivity contribution in [2.45, 2.75) is 40.0 Å². The first-order chi connectivity index (χ1) is 11.0. The molecule has 23 heavy (non-hydrogen) atoms. The average molecular weight is 318 g/mol. The standard InChI is InChI=1S/C18H26N2O3/c1-5-12(2)13(3)18(22)19-15-7-8-16-14(10-15)6-9-17(21)20(16)11-23-4/h7-8,10,12-13H,5-6,9,11H2,1-4H3,(H,19,22). The minimum absolute atomic E-state index is 0.0254. The number of nitrogens with zero attached hydrogens (tertiary/aromatic N) is 1. The second-order valence-electron chi connectivity index (χ2n) is 6.25. The van der Waals surface area contributed by atoms with E-state index in [9.17, 15) is 9.59 Å². The van der Waals surface area contributed by atoms with Gasteiger partial charge in [-0.05, 0) is 36.1 Å². The van der Waals surface area contributed by atoms with E-state index in [1.165, 1.54) is 0 Å². The molecule has 5 heteroatoms. The molecule has 0 spiro atoms. The van der Waals surface area contributed by atoms with Gasteiger partial charge in [0.25, 0.3) is 0 Å². The number of methoxy groups -OCH3 is 1. The van der Waals surface area contributed by atoms with Gasteiger partial charge in [0.05, 0.1) is 0 Å². The number of aryl methyl sites for hydroxylation is 1. The monoisotopic (exact) mass is 318 g/mol. The highest BCUT2D eigenvalue weighted by Gasteiger charge is 2.25. The maximum absolute atomic E-state index is 12.3. The molecule has 0 bridgehead atoms. The highest BCUT2D eigenvalue weighted by molar-refractivity contribution is 5.97. The van der Waals surface area contributed by atoms with Crippen molar-refractivity contribution >= 4 is 23.2 Å². The number of nitrogens with one attached hydrogen (secondary N) is 1. The summed E-state index contributed by atoms with van der Waals surface area (Å²) in [5, 5.41) is 2.99. The second kappa shape index (κ2) is 7.59. The van der Waals surface area contributed by atoms with Crippen LogP contribution in [0.1, 0.15) is 39.2 Å². The lowest BCUT2D eigenvalue weighted by Gasteiger charge is -2.29. The quantitative estimate of drug-likeness (QED) is 0.876. The van der Waals surface area contributed by atoms with Gasteiger partial charge >= 0.3 is 0 Å². The topological polar surface area (TPSA) is 58.6 Å². The highest BCUT2D eigenvalue weighted by Crippen LogP contribution is 2.30. The smallest absolute Gasteiger partial charge is 0.229 e. The van der Waals surface area contributed by atoms with E-state index in [0.29, 0.717) is 18.8 Å². The molecule has 1 N–H and O–H groups in total. The molecule has 0 fully saturated rings. The molecule has 0 aliphatic carbocycles. The zero-order chi connectivity index (χ0) is 17.0. The van der Waals surface area contributed by atoms with Crippen molar-refractivity contribution in [2.24, 2.45) is 11.8 Å². The first kappa shape index (κ1) is 17.5. The van der Waals surface area contributed by atoms with E-state index in [2.05, 4.69) is 19.2 Å². The molecule has 0 saturated heterocycles. The molecule has 2 amide bonds. The van der Waals surface area contributed by atoms with Crippen LogP contribution in [-0.4, -0.2) is 25.7 Å². The van der Waals surface area contributed by atoms with Gasteiger partial charge in [-0.1, -0.05) is 27.2 Å². The molecule has 5 nitrogen and oxygen atoms in total. The van der Waals surface area contributed by atoms with Crippen molar-refractivity contribution in [1.29, 1.82) is 0 Å². The number of ether oxygens (including phenoxy) is 1. The van der Waals surface area contributed by atoms with Crippen molar-refractivity contribution in [2.75, 3.05) is 24.1 Å². The lowest BCUT2D eigenvalue weighted by Crippen LogP contribution is -2.36. The summed E-state index contributed by atoms with van der Waals surface area (Å²) in [5.74, 6) is 0.437. The van der Waals surface area contributed by atoms with Crippen LogP contribution in [0.25, 0.3) is 0 Å². The highest BCUT2D eigenvalue weighted by atomic mass is 16.5. The Morgan fingerprint density at radius 3 is 2.74 bits per heavy atom. The summed E-state index contributed by atoms with van der Waals surface area (Å²) >= 11 is 0. The van der Waals surface area contributed by atoms with Crippen LogP contribution in [-0.2, 0) is 20.7 Å². The number of carbonyl (C=O) groups excluding carboxylic acids is 2. The van der Waals surface area contributed by atoms with Crippen LogP contribution in [0.4, 0.5) is 11.4 Å². The van der Waals surface area contributed by atoms with Gasteiger partial charge in [0.15, 0.2) is 0 Å². The maximum Gasteiger partial charge on any atom is 0.229 e. The van der Waals surface area contributed by atoms with Crippen molar-refractivity contribution in [1.82, 2.24) is 0 Å². The number of fused-ring (bicyclic) bond motifs is 1. The molecule has 0 radical (unpaired) electrons. The Morgan fingerprint density at radius 1 is 1.35 bits per heavy atom. The summed E-state index contributed by atoms with van der Waals surface area (Å²) in [7, 11) is 1.58. The number of rotatable bonds is 6. The fraction of sp³-hybridized carbons (Fsp3) is 0.556. The number of hydrogen-bond donors (Lipinski definition) is 1. The minimum Gasteiger partial charge on any atom is -0.364 e. The molecule has 1 aromatic carbocycles. The van der Waals surface area contributed by atoms with Crippen LogP contribution in [0.2, 0.25) is 0 Å². The summed E-state index contributed by atoms with van der Waals surface area (Å²) < 4.78 is 5.11. The molecular formula is C18H26N2O3. The van der Waals surface area contributed by atoms with Crippen molar-refractivity contribution in [3.8, 4) is 0 Å². The first-order valence-electron chi connectivity index (χ1n) is 8.21. The molecule has 126 valence electrons. The van der Waals surface area contributed by atoms with E-state index in [-0.39, 0.29) is 24.5 Å². The molecular weight excluding hydrogens is 292 g/mol. The fourth-order valence-corrected chi connectivity index (χ4v) is 2.78. The minimum atomic E-state index is -0.0254. The summed E-state index contributed by atoms with van der Waals surface area (Å²) in [6, 6.07) is 5.70. The predicted octanol–water partition coefficient (Wildman–Crippen LogP) is 3.19. The Balaban J connectivity index is 2.15. The summed E-state index contributed by atoms with van der Waals surface area (Å²) in [4.78, 5) is 25.9. The Hall–Kier alpha value is -1.88. The van der Waals surface area contributed by atoms with Crippen LogP contribution >= 0.6 is 0 Å². The molecule has 0 saturated carbocycles. The largest absolute Gasteiger partial charge is 0.364 e. The zero-order valence-electron chi connectivity index (χ0n) is 14.4. The van der Waals surface area contributed by atoms with Gasteiger partial charge in [0.2, 0.25) is 11.8 Å². The molecule has 1 heterocycles. The van der Waals surface area contributed by atoms with E-state index in [1.54, 1.807) is 12.0 Å². The fourth-order valence-electron chi connectivity index (χ4n) is 2.78. The number of benzene rings is 1. The molecule has 0 aromatic heterocycles. The lowest BCUT2D eigenvalue weighted by molar-refractivity contribution is -0.121. The van der Waals surface area contributed by atoms with E-state index < -0.39 is 0 Å². The van der Waals surface area contributed by atoms with E-state index in [0.717, 1.165) is 23.4 Å². The molecule has 1 aliphatic heterocycles. The molecule has 2 atom stereocenters. The molecule has 2 rings (SSSR count). The predicted molar refractivity (Wildman–Crippen MR) is 91.4 cm³/mol. The summed E-state index contributed by atoms with van der Waals surface area (Å²) in [6.07, 6.45) is 2.14. The van der Waals surface area contributed by atoms with Gasteiger partial charge in [-0.25, -0.2) is 0 Å². The molecule has 1 aliphatic rings. The van der Waals surface area contributed by atoms with Gasteiger partial charge in [-0.15, -0.1) is 0 Å². The number of anilines is 2. The third-order valence-corrected chi connectivity index (χ3v) is 4.72. The average Bonchev–Trinajstić information content (AvgIpc) is 2.56. The second-order valence-corrected chi connectivity index (χ2v) is 6.25. The maximum atomic E-state index is 12.3. The van der Waals surface area contributed by atoms with Gasteiger partial charge in [0, 0.05) is 30.8 Å². The normalized spacial score (nSPS) is 16.7. The van der Waals surface area contributed by atoms with Crippen LogP contribution in [0.15, 0.2) is 18.2 Å².